The number of hydrogen-bond acceptors (Lipinski definition) is 3. The maximum absolute atomic E-state index is 11.9. The van der Waals surface area contributed by atoms with Gasteiger partial charge in [-0.1, -0.05) is 12.1 Å². The second kappa shape index (κ2) is 8.89. The largest absolute Gasteiger partial charge is 0.493 e. The molecule has 1 aliphatic heterocycles. The molecule has 2 aromatic carbocycles. The van der Waals surface area contributed by atoms with Crippen LogP contribution in [0.15, 0.2) is 36.5 Å². The number of methoxy groups -OCH3 is 1. The molecule has 0 spiro atoms. The summed E-state index contributed by atoms with van der Waals surface area (Å²) in [4.78, 5) is 17.3. The molecular weight excluding hydrogens is 400 g/mol. The van der Waals surface area contributed by atoms with Crippen LogP contribution in [0.25, 0.3) is 10.9 Å². The van der Waals surface area contributed by atoms with Crippen molar-refractivity contribution in [1.82, 2.24) is 9.88 Å². The lowest BCUT2D eigenvalue weighted by atomic mass is 9.88. The summed E-state index contributed by atoms with van der Waals surface area (Å²) in [5.41, 5.74) is 6.19. The van der Waals surface area contributed by atoms with Gasteiger partial charge in [-0.2, -0.15) is 0 Å². The van der Waals surface area contributed by atoms with E-state index in [1.54, 1.807) is 7.11 Å². The van der Waals surface area contributed by atoms with Gasteiger partial charge in [0.15, 0.2) is 11.5 Å². The smallest absolute Gasteiger partial charge is 0.210 e. The summed E-state index contributed by atoms with van der Waals surface area (Å²) in [5.74, 6) is 1.62. The molecule has 0 bridgehead atoms. The summed E-state index contributed by atoms with van der Waals surface area (Å²) in [6.07, 6.45) is 10.7. The zero-order chi connectivity index (χ0) is 22.1. The molecule has 0 radical (unpaired) electrons. The van der Waals surface area contributed by atoms with Gasteiger partial charge in [-0.05, 0) is 92.3 Å². The highest BCUT2D eigenvalue weighted by molar-refractivity contribution is 5.83. The Bertz CT molecular complexity index is 1110. The van der Waals surface area contributed by atoms with E-state index in [4.69, 9.17) is 9.47 Å². The number of nitrogens with one attached hydrogen (secondary N) is 1. The number of rotatable bonds is 7. The van der Waals surface area contributed by atoms with Crippen LogP contribution in [-0.4, -0.2) is 36.1 Å². The lowest BCUT2D eigenvalue weighted by molar-refractivity contribution is -0.120. The fourth-order valence-electron chi connectivity index (χ4n) is 5.41. The number of benzene rings is 2. The van der Waals surface area contributed by atoms with E-state index in [1.165, 1.54) is 46.0 Å². The summed E-state index contributed by atoms with van der Waals surface area (Å²) in [6, 6.07) is 10.9. The molecule has 2 aliphatic rings. The number of hydrogen-bond donors (Lipinski definition) is 1. The minimum atomic E-state index is 0.0449. The van der Waals surface area contributed by atoms with Gasteiger partial charge in [0.1, 0.15) is 0 Å². The van der Waals surface area contributed by atoms with Crippen LogP contribution in [0, 0.1) is 6.92 Å². The number of aryl methyl sites for hydroxylation is 2. The third-order valence-electron chi connectivity index (χ3n) is 7.17. The average Bonchev–Trinajstić information content (AvgIpc) is 3.46. The Hall–Kier alpha value is -2.95. The number of carbonyl (C=O) groups is 1. The molecule has 3 aromatic rings. The standard InChI is InChI=1S/C27H32N2O3/c1-18-7-9-22-20(16-28-24(22)13-18)8-10-25-23-15-27(32-21-5-3-4-6-21)26(31-2)14-19(23)11-12-29(25)17-30/h7,9,13-17,21,25,28H,3-6,8,10-12H2,1-2H3. The van der Waals surface area contributed by atoms with Gasteiger partial charge in [-0.3, -0.25) is 4.79 Å². The van der Waals surface area contributed by atoms with E-state index >= 15 is 0 Å². The van der Waals surface area contributed by atoms with Crippen molar-refractivity contribution < 1.29 is 14.3 Å². The van der Waals surface area contributed by atoms with Crippen molar-refractivity contribution in [3.63, 3.8) is 0 Å². The van der Waals surface area contributed by atoms with Gasteiger partial charge in [0.25, 0.3) is 0 Å². The Morgan fingerprint density at radius 2 is 2.00 bits per heavy atom. The third-order valence-corrected chi connectivity index (χ3v) is 7.17. The van der Waals surface area contributed by atoms with Gasteiger partial charge in [0.2, 0.25) is 6.41 Å². The fourth-order valence-corrected chi connectivity index (χ4v) is 5.41. The minimum Gasteiger partial charge on any atom is -0.493 e. The molecule has 1 N–H and O–H groups in total. The predicted molar refractivity (Wildman–Crippen MR) is 126 cm³/mol. The first kappa shape index (κ1) is 20.9. The van der Waals surface area contributed by atoms with Crippen LogP contribution in [-0.2, 0) is 17.6 Å². The Morgan fingerprint density at radius 1 is 1.16 bits per heavy atom. The number of nitrogens with zero attached hydrogens (tertiary/aromatic N) is 1. The summed E-state index contributed by atoms with van der Waals surface area (Å²) >= 11 is 0. The SMILES string of the molecule is COc1cc2c(cc1OC1CCCC1)C(CCc1c[nH]c3cc(C)ccc13)N(C=O)CC2. The highest BCUT2D eigenvalue weighted by Gasteiger charge is 2.29. The van der Waals surface area contributed by atoms with Crippen molar-refractivity contribution in [3.05, 3.63) is 58.8 Å². The van der Waals surface area contributed by atoms with Crippen molar-refractivity contribution in [2.24, 2.45) is 0 Å². The number of carbonyl (C=O) groups excluding carboxylic acids is 1. The summed E-state index contributed by atoms with van der Waals surface area (Å²) < 4.78 is 12.0. The normalized spacial score (nSPS) is 18.7. The van der Waals surface area contributed by atoms with Crippen molar-refractivity contribution in [2.75, 3.05) is 13.7 Å². The molecule has 1 aromatic heterocycles. The molecule has 168 valence electrons. The molecule has 32 heavy (non-hydrogen) atoms. The molecule has 1 saturated carbocycles. The molecule has 5 rings (SSSR count). The van der Waals surface area contributed by atoms with E-state index in [0.717, 1.165) is 56.6 Å². The topological polar surface area (TPSA) is 54.6 Å². The zero-order valence-electron chi connectivity index (χ0n) is 19.0. The first-order valence-corrected chi connectivity index (χ1v) is 11.8. The monoisotopic (exact) mass is 432 g/mol. The lowest BCUT2D eigenvalue weighted by Crippen LogP contribution is -2.34. The zero-order valence-corrected chi connectivity index (χ0v) is 19.0. The Balaban J connectivity index is 1.44. The first-order chi connectivity index (χ1) is 15.7. The van der Waals surface area contributed by atoms with Crippen molar-refractivity contribution in [1.29, 1.82) is 0 Å². The van der Waals surface area contributed by atoms with Crippen LogP contribution in [0.4, 0.5) is 0 Å². The number of fused-ring (bicyclic) bond motifs is 2. The quantitative estimate of drug-likeness (QED) is 0.502. The van der Waals surface area contributed by atoms with E-state index in [-0.39, 0.29) is 12.1 Å². The van der Waals surface area contributed by atoms with Gasteiger partial charge in [-0.15, -0.1) is 0 Å². The van der Waals surface area contributed by atoms with Crippen LogP contribution < -0.4 is 9.47 Å². The van der Waals surface area contributed by atoms with Gasteiger partial charge in [0.05, 0.1) is 19.3 Å². The van der Waals surface area contributed by atoms with Crippen LogP contribution in [0.2, 0.25) is 0 Å². The Labute approximate surface area is 189 Å². The Kier molecular flexibility index (Phi) is 5.81. The molecule has 5 nitrogen and oxygen atoms in total. The van der Waals surface area contributed by atoms with Gasteiger partial charge >= 0.3 is 0 Å². The van der Waals surface area contributed by atoms with Crippen LogP contribution in [0.5, 0.6) is 11.5 Å². The van der Waals surface area contributed by atoms with Crippen LogP contribution in [0.3, 0.4) is 0 Å². The maximum atomic E-state index is 11.9. The molecule has 5 heteroatoms. The molecule has 1 atom stereocenters. The summed E-state index contributed by atoms with van der Waals surface area (Å²) in [5, 5.41) is 1.27. The molecule has 2 heterocycles. The molecular formula is C27H32N2O3. The second-order valence-electron chi connectivity index (χ2n) is 9.24. The van der Waals surface area contributed by atoms with E-state index < -0.39 is 0 Å². The van der Waals surface area contributed by atoms with Crippen LogP contribution >= 0.6 is 0 Å². The lowest BCUT2D eigenvalue weighted by Gasteiger charge is -2.35. The van der Waals surface area contributed by atoms with E-state index in [1.807, 2.05) is 4.90 Å². The maximum Gasteiger partial charge on any atom is 0.210 e. The van der Waals surface area contributed by atoms with Crippen molar-refractivity contribution in [2.45, 2.75) is 64.0 Å². The summed E-state index contributed by atoms with van der Waals surface area (Å²) in [6.45, 7) is 2.85. The number of amides is 1. The van der Waals surface area contributed by atoms with Crippen molar-refractivity contribution >= 4 is 17.3 Å². The molecule has 0 saturated heterocycles. The van der Waals surface area contributed by atoms with Gasteiger partial charge < -0.3 is 19.4 Å². The highest BCUT2D eigenvalue weighted by atomic mass is 16.5. The fraction of sp³-hybridized carbons (Fsp3) is 0.444. The molecule has 1 fully saturated rings. The van der Waals surface area contributed by atoms with E-state index in [2.05, 4.69) is 48.4 Å². The number of aromatic amines is 1. The second-order valence-corrected chi connectivity index (χ2v) is 9.24. The van der Waals surface area contributed by atoms with Crippen LogP contribution in [0.1, 0.15) is 60.4 Å². The number of H-pyrrole nitrogens is 1. The summed E-state index contributed by atoms with van der Waals surface area (Å²) in [7, 11) is 1.71. The third kappa shape index (κ3) is 3.96. The number of aromatic nitrogens is 1. The van der Waals surface area contributed by atoms with Gasteiger partial charge in [0, 0.05) is 23.6 Å². The molecule has 1 amide bonds. The first-order valence-electron chi connectivity index (χ1n) is 11.8. The minimum absolute atomic E-state index is 0.0449. The molecule has 1 unspecified atom stereocenters. The van der Waals surface area contributed by atoms with E-state index in [0.29, 0.717) is 0 Å². The Morgan fingerprint density at radius 3 is 2.78 bits per heavy atom. The van der Waals surface area contributed by atoms with E-state index in [9.17, 15) is 4.79 Å². The highest BCUT2D eigenvalue weighted by Crippen LogP contribution is 2.41. The molecule has 1 aliphatic carbocycles. The predicted octanol–water partition coefficient (Wildman–Crippen LogP) is 5.49. The number of ether oxygens (including phenoxy) is 2. The average molecular weight is 433 g/mol. The van der Waals surface area contributed by atoms with Gasteiger partial charge in [-0.25, -0.2) is 0 Å². The van der Waals surface area contributed by atoms with Crippen molar-refractivity contribution in [3.8, 4) is 11.5 Å².